The second kappa shape index (κ2) is 7.91. The molecular formula is C18H18F2N4O2S. The minimum Gasteiger partial charge on any atom is -0.383 e. The smallest absolute Gasteiger partial charge is 0.249 e. The lowest BCUT2D eigenvalue weighted by Crippen LogP contribution is -2.35. The monoisotopic (exact) mass is 392 g/mol. The molecule has 1 saturated carbocycles. The zero-order valence-corrected chi connectivity index (χ0v) is 15.4. The number of carbonyl (C=O) groups is 2. The van der Waals surface area contributed by atoms with E-state index >= 15 is 0 Å². The number of nitrogens with zero attached hydrogens (tertiary/aromatic N) is 2. The van der Waals surface area contributed by atoms with E-state index in [2.05, 4.69) is 27.2 Å². The summed E-state index contributed by atoms with van der Waals surface area (Å²) in [5.74, 6) is -2.44. The number of rotatable bonds is 5. The maximum atomic E-state index is 14.1. The van der Waals surface area contributed by atoms with Crippen LogP contribution in [0.2, 0.25) is 0 Å². The summed E-state index contributed by atoms with van der Waals surface area (Å²) in [6.45, 7) is 3.33. The van der Waals surface area contributed by atoms with Gasteiger partial charge >= 0.3 is 0 Å². The number of halogens is 2. The average Bonchev–Trinajstić information content (AvgIpc) is 3.27. The Hall–Kier alpha value is -2.68. The molecule has 0 unspecified atom stereocenters. The van der Waals surface area contributed by atoms with Crippen LogP contribution in [0.3, 0.4) is 0 Å². The predicted octanol–water partition coefficient (Wildman–Crippen LogP) is 3.24. The number of hydrogen-bond acceptors (Lipinski definition) is 6. The van der Waals surface area contributed by atoms with E-state index in [4.69, 9.17) is 0 Å². The SMILES string of the molecule is C=CC(=O)NC(=O)[C@@H]1CCC[C@H]1c1cc(F)sc1-c1ncc(NC)c(F)n1. The maximum absolute atomic E-state index is 14.1. The van der Waals surface area contributed by atoms with Gasteiger partial charge < -0.3 is 5.32 Å². The van der Waals surface area contributed by atoms with Crippen molar-refractivity contribution in [3.8, 4) is 10.7 Å². The Labute approximate surface area is 158 Å². The predicted molar refractivity (Wildman–Crippen MR) is 98.2 cm³/mol. The van der Waals surface area contributed by atoms with Crippen molar-refractivity contribution in [2.75, 3.05) is 12.4 Å². The van der Waals surface area contributed by atoms with Crippen LogP contribution in [0.4, 0.5) is 14.5 Å². The number of hydrogen-bond donors (Lipinski definition) is 2. The molecule has 2 aromatic rings. The zero-order valence-electron chi connectivity index (χ0n) is 14.6. The molecule has 0 saturated heterocycles. The van der Waals surface area contributed by atoms with Crippen molar-refractivity contribution in [2.45, 2.75) is 25.2 Å². The summed E-state index contributed by atoms with van der Waals surface area (Å²) >= 11 is 0.815. The molecule has 1 fully saturated rings. The number of aromatic nitrogens is 2. The zero-order chi connectivity index (χ0) is 19.6. The first-order chi connectivity index (χ1) is 12.9. The van der Waals surface area contributed by atoms with Gasteiger partial charge in [0.15, 0.2) is 11.0 Å². The number of nitrogens with one attached hydrogen (secondary N) is 2. The summed E-state index contributed by atoms with van der Waals surface area (Å²) < 4.78 is 28.1. The van der Waals surface area contributed by atoms with E-state index in [-0.39, 0.29) is 17.4 Å². The van der Waals surface area contributed by atoms with Gasteiger partial charge in [-0.25, -0.2) is 4.98 Å². The summed E-state index contributed by atoms with van der Waals surface area (Å²) in [7, 11) is 1.55. The molecule has 2 atom stereocenters. The molecule has 0 aliphatic heterocycles. The van der Waals surface area contributed by atoms with E-state index in [1.54, 1.807) is 7.05 Å². The van der Waals surface area contributed by atoms with Gasteiger partial charge in [0.05, 0.1) is 11.1 Å². The van der Waals surface area contributed by atoms with Crippen molar-refractivity contribution >= 4 is 28.8 Å². The lowest BCUT2D eigenvalue weighted by atomic mass is 9.88. The molecule has 1 aliphatic carbocycles. The minimum absolute atomic E-state index is 0.0728. The van der Waals surface area contributed by atoms with Crippen molar-refractivity contribution in [1.29, 1.82) is 0 Å². The highest BCUT2D eigenvalue weighted by Crippen LogP contribution is 2.45. The maximum Gasteiger partial charge on any atom is 0.249 e. The lowest BCUT2D eigenvalue weighted by Gasteiger charge is -2.19. The molecule has 9 heteroatoms. The fourth-order valence-electron chi connectivity index (χ4n) is 3.37. The molecule has 27 heavy (non-hydrogen) atoms. The molecule has 3 rings (SSSR count). The summed E-state index contributed by atoms with van der Waals surface area (Å²) in [4.78, 5) is 32.2. The molecule has 6 nitrogen and oxygen atoms in total. The van der Waals surface area contributed by atoms with Gasteiger partial charge in [-0.1, -0.05) is 13.0 Å². The lowest BCUT2D eigenvalue weighted by molar-refractivity contribution is -0.130. The van der Waals surface area contributed by atoms with Crippen molar-refractivity contribution in [3.05, 3.63) is 41.6 Å². The molecule has 0 spiro atoms. The fraction of sp³-hybridized carbons (Fsp3) is 0.333. The van der Waals surface area contributed by atoms with Gasteiger partial charge in [0.25, 0.3) is 0 Å². The highest BCUT2D eigenvalue weighted by atomic mass is 32.1. The van der Waals surface area contributed by atoms with Crippen LogP contribution in [0, 0.1) is 17.0 Å². The summed E-state index contributed by atoms with van der Waals surface area (Å²) in [6, 6.07) is 1.35. The largest absolute Gasteiger partial charge is 0.383 e. The van der Waals surface area contributed by atoms with E-state index in [0.29, 0.717) is 23.3 Å². The molecule has 2 heterocycles. The number of imide groups is 1. The quantitative estimate of drug-likeness (QED) is 0.603. The van der Waals surface area contributed by atoms with Crippen LogP contribution in [-0.2, 0) is 9.59 Å². The first-order valence-electron chi connectivity index (χ1n) is 8.41. The van der Waals surface area contributed by atoms with E-state index in [1.807, 2.05) is 0 Å². The second-order valence-corrected chi connectivity index (χ2v) is 7.19. The van der Waals surface area contributed by atoms with Crippen LogP contribution in [0.1, 0.15) is 30.7 Å². The second-order valence-electron chi connectivity index (χ2n) is 6.18. The van der Waals surface area contributed by atoms with E-state index in [0.717, 1.165) is 23.8 Å². The molecular weight excluding hydrogens is 374 g/mol. The number of carbonyl (C=O) groups excluding carboxylic acids is 2. The summed E-state index contributed by atoms with van der Waals surface area (Å²) in [5.41, 5.74) is 0.705. The first-order valence-corrected chi connectivity index (χ1v) is 9.23. The highest BCUT2D eigenvalue weighted by Gasteiger charge is 2.37. The van der Waals surface area contributed by atoms with Crippen molar-refractivity contribution < 1.29 is 18.4 Å². The van der Waals surface area contributed by atoms with Gasteiger partial charge in [-0.05, 0) is 36.5 Å². The van der Waals surface area contributed by atoms with Crippen LogP contribution < -0.4 is 10.6 Å². The molecule has 2 N–H and O–H groups in total. The normalized spacial score (nSPS) is 18.9. The van der Waals surface area contributed by atoms with E-state index in [9.17, 15) is 18.4 Å². The Balaban J connectivity index is 1.95. The Bertz CT molecular complexity index is 899. The molecule has 0 aromatic carbocycles. The van der Waals surface area contributed by atoms with E-state index in [1.165, 1.54) is 12.3 Å². The third-order valence-electron chi connectivity index (χ3n) is 4.63. The summed E-state index contributed by atoms with van der Waals surface area (Å²) in [6.07, 6.45) is 4.31. The molecule has 0 bridgehead atoms. The number of thiophene rings is 1. The molecule has 2 aromatic heterocycles. The van der Waals surface area contributed by atoms with Gasteiger partial charge in [0.2, 0.25) is 17.8 Å². The summed E-state index contributed by atoms with van der Waals surface area (Å²) in [5, 5.41) is 4.44. The van der Waals surface area contributed by atoms with E-state index < -0.39 is 28.8 Å². The molecule has 142 valence electrons. The molecule has 2 amide bonds. The topological polar surface area (TPSA) is 84.0 Å². The molecule has 0 radical (unpaired) electrons. The van der Waals surface area contributed by atoms with Crippen LogP contribution in [0.25, 0.3) is 10.7 Å². The Kier molecular flexibility index (Phi) is 5.59. The van der Waals surface area contributed by atoms with Crippen molar-refractivity contribution in [1.82, 2.24) is 15.3 Å². The van der Waals surface area contributed by atoms with Gasteiger partial charge in [-0.2, -0.15) is 13.8 Å². The third-order valence-corrected chi connectivity index (χ3v) is 5.56. The van der Waals surface area contributed by atoms with Gasteiger partial charge in [-0.3, -0.25) is 14.9 Å². The first kappa shape index (κ1) is 19.1. The van der Waals surface area contributed by atoms with Gasteiger partial charge in [0.1, 0.15) is 5.69 Å². The van der Waals surface area contributed by atoms with Crippen molar-refractivity contribution in [2.24, 2.45) is 5.92 Å². The number of amides is 2. The highest BCUT2D eigenvalue weighted by molar-refractivity contribution is 7.14. The van der Waals surface area contributed by atoms with Crippen LogP contribution in [-0.4, -0.2) is 28.8 Å². The van der Waals surface area contributed by atoms with Gasteiger partial charge in [-0.15, -0.1) is 11.3 Å². The standard InChI is InChI=1S/C18H18F2N4O2S/c1-3-14(25)23-18(26)10-6-4-5-9(10)11-7-13(19)27-15(11)17-22-8-12(21-2)16(20)24-17/h3,7-10,21H,1,4-6H2,2H3,(H,23,25,26)/t9-,10-/m1/s1. The third kappa shape index (κ3) is 3.87. The Morgan fingerprint density at radius 3 is 2.81 bits per heavy atom. The van der Waals surface area contributed by atoms with Crippen LogP contribution in [0.5, 0.6) is 0 Å². The minimum atomic E-state index is -0.737. The fourth-order valence-corrected chi connectivity index (χ4v) is 4.27. The van der Waals surface area contributed by atoms with Crippen LogP contribution in [0.15, 0.2) is 24.9 Å². The Morgan fingerprint density at radius 1 is 1.37 bits per heavy atom. The average molecular weight is 392 g/mol. The van der Waals surface area contributed by atoms with Crippen molar-refractivity contribution in [3.63, 3.8) is 0 Å². The van der Waals surface area contributed by atoms with Crippen LogP contribution >= 0.6 is 11.3 Å². The van der Waals surface area contributed by atoms with Gasteiger partial charge in [0, 0.05) is 13.0 Å². The Morgan fingerprint density at radius 2 is 2.15 bits per heavy atom. The number of anilines is 1. The molecule has 1 aliphatic rings.